The summed E-state index contributed by atoms with van der Waals surface area (Å²) < 4.78 is 5.86. The summed E-state index contributed by atoms with van der Waals surface area (Å²) in [4.78, 5) is 14.4. The average Bonchev–Trinajstić information content (AvgIpc) is 3.02. The Balaban J connectivity index is 1.74. The van der Waals surface area contributed by atoms with Gasteiger partial charge in [0, 0.05) is 11.1 Å². The maximum atomic E-state index is 13.0. The fraction of sp³-hybridized carbons (Fsp3) is 0.318. The molecule has 4 rings (SSSR count). The molecule has 0 saturated carbocycles. The van der Waals surface area contributed by atoms with Crippen LogP contribution in [0.15, 0.2) is 46.9 Å². The van der Waals surface area contributed by atoms with E-state index in [0.717, 1.165) is 29.7 Å². The van der Waals surface area contributed by atoms with Crippen LogP contribution in [-0.2, 0) is 6.54 Å². The first-order valence-electron chi connectivity index (χ1n) is 9.57. The number of aromatic hydroxyl groups is 1. The van der Waals surface area contributed by atoms with E-state index < -0.39 is 0 Å². The van der Waals surface area contributed by atoms with Crippen molar-refractivity contribution in [1.82, 2.24) is 0 Å². The van der Waals surface area contributed by atoms with E-state index in [1.807, 2.05) is 30.3 Å². The normalized spacial score (nSPS) is 15.1. The Hall–Kier alpha value is -2.79. The Morgan fingerprint density at radius 1 is 1.11 bits per heavy atom. The van der Waals surface area contributed by atoms with Crippen LogP contribution in [0, 0.1) is 6.92 Å². The molecular formula is C22H25N2O3+. The van der Waals surface area contributed by atoms with Crippen molar-refractivity contribution in [2.45, 2.75) is 32.7 Å². The lowest BCUT2D eigenvalue weighted by atomic mass is 10.0. The van der Waals surface area contributed by atoms with Crippen LogP contribution < -0.4 is 10.2 Å². The largest absolute Gasteiger partial charge is 0.507 e. The van der Waals surface area contributed by atoms with Crippen LogP contribution in [-0.4, -0.2) is 24.1 Å². The van der Waals surface area contributed by atoms with E-state index in [4.69, 9.17) is 4.42 Å². The third kappa shape index (κ3) is 3.55. The number of rotatable bonds is 4. The van der Waals surface area contributed by atoms with Crippen molar-refractivity contribution in [2.24, 2.45) is 0 Å². The highest BCUT2D eigenvalue weighted by Crippen LogP contribution is 2.34. The summed E-state index contributed by atoms with van der Waals surface area (Å²) in [6, 6.07) is 12.8. The van der Waals surface area contributed by atoms with Crippen LogP contribution in [0.5, 0.6) is 5.75 Å². The van der Waals surface area contributed by atoms with Gasteiger partial charge in [-0.3, -0.25) is 4.79 Å². The molecule has 0 radical (unpaired) electrons. The highest BCUT2D eigenvalue weighted by molar-refractivity contribution is 6.14. The number of fused-ring (bicyclic) bond motifs is 1. The van der Waals surface area contributed by atoms with Gasteiger partial charge in [0.2, 0.25) is 0 Å². The lowest BCUT2D eigenvalue weighted by Crippen LogP contribution is -3.11. The van der Waals surface area contributed by atoms with Crippen molar-refractivity contribution >= 4 is 22.6 Å². The third-order valence-corrected chi connectivity index (χ3v) is 5.36. The summed E-state index contributed by atoms with van der Waals surface area (Å²) in [7, 11) is 0. The molecule has 0 aliphatic carbocycles. The van der Waals surface area contributed by atoms with Gasteiger partial charge in [0.1, 0.15) is 23.6 Å². The van der Waals surface area contributed by atoms with E-state index in [1.54, 1.807) is 19.1 Å². The number of carbonyl (C=O) groups is 1. The van der Waals surface area contributed by atoms with Crippen molar-refractivity contribution in [3.05, 3.63) is 59.4 Å². The number of furan rings is 1. The molecule has 5 heteroatoms. The summed E-state index contributed by atoms with van der Waals surface area (Å²) in [6.45, 7) is 4.69. The van der Waals surface area contributed by atoms with Crippen molar-refractivity contribution in [3.63, 3.8) is 0 Å². The van der Waals surface area contributed by atoms with Gasteiger partial charge in [-0.1, -0.05) is 18.2 Å². The zero-order valence-corrected chi connectivity index (χ0v) is 15.5. The van der Waals surface area contributed by atoms with Crippen LogP contribution in [0.1, 0.15) is 40.9 Å². The topological polar surface area (TPSA) is 66.9 Å². The predicted molar refractivity (Wildman–Crippen MR) is 105 cm³/mol. The molecule has 1 aliphatic heterocycles. The van der Waals surface area contributed by atoms with Crippen molar-refractivity contribution in [3.8, 4) is 5.75 Å². The number of para-hydroxylation sites is 1. The van der Waals surface area contributed by atoms with Crippen molar-refractivity contribution in [2.75, 3.05) is 18.4 Å². The number of piperidine rings is 1. The Labute approximate surface area is 158 Å². The van der Waals surface area contributed by atoms with Gasteiger partial charge in [-0.15, -0.1) is 0 Å². The maximum Gasteiger partial charge on any atom is 0.259 e. The maximum absolute atomic E-state index is 13.0. The van der Waals surface area contributed by atoms with Gasteiger partial charge in [-0.05, 0) is 50.5 Å². The predicted octanol–water partition coefficient (Wildman–Crippen LogP) is 3.27. The number of phenols is 1. The summed E-state index contributed by atoms with van der Waals surface area (Å²) in [6.07, 6.45) is 3.69. The fourth-order valence-electron chi connectivity index (χ4n) is 4.01. The molecule has 27 heavy (non-hydrogen) atoms. The van der Waals surface area contributed by atoms with Crippen LogP contribution in [0.25, 0.3) is 11.0 Å². The number of aryl methyl sites for hydroxylation is 1. The third-order valence-electron chi connectivity index (χ3n) is 5.36. The lowest BCUT2D eigenvalue weighted by molar-refractivity contribution is -0.918. The smallest absolute Gasteiger partial charge is 0.259 e. The number of benzene rings is 2. The van der Waals surface area contributed by atoms with E-state index in [2.05, 4.69) is 5.32 Å². The van der Waals surface area contributed by atoms with E-state index in [9.17, 15) is 9.90 Å². The zero-order chi connectivity index (χ0) is 18.8. The molecule has 1 amide bonds. The number of hydrogen-bond donors (Lipinski definition) is 3. The van der Waals surface area contributed by atoms with Gasteiger partial charge in [-0.2, -0.15) is 0 Å². The number of anilines is 1. The number of quaternary nitrogens is 1. The van der Waals surface area contributed by atoms with Gasteiger partial charge in [0.15, 0.2) is 0 Å². The quantitative estimate of drug-likeness (QED) is 0.665. The number of carbonyl (C=O) groups excluding carboxylic acids is 1. The molecule has 2 heterocycles. The number of likely N-dealkylation sites (tertiary alicyclic amines) is 1. The Kier molecular flexibility index (Phi) is 4.86. The standard InChI is InChI=1S/C22H24N2O3/c1-15-20(22(26)23-16-8-4-2-5-9-16)21-17(14-24-12-6-3-7-13-24)18(25)10-11-19(21)27-15/h2,4-5,8-11,25H,3,6-7,12-14H2,1H3,(H,23,26)/p+1. The van der Waals surface area contributed by atoms with Gasteiger partial charge in [-0.25, -0.2) is 0 Å². The molecule has 2 aromatic carbocycles. The minimum atomic E-state index is -0.210. The Bertz CT molecular complexity index is 957. The van der Waals surface area contributed by atoms with Gasteiger partial charge >= 0.3 is 0 Å². The monoisotopic (exact) mass is 365 g/mol. The molecule has 5 nitrogen and oxygen atoms in total. The second-order valence-corrected chi connectivity index (χ2v) is 7.28. The van der Waals surface area contributed by atoms with E-state index in [-0.39, 0.29) is 11.7 Å². The molecule has 0 unspecified atom stereocenters. The Morgan fingerprint density at radius 2 is 1.85 bits per heavy atom. The fourth-order valence-corrected chi connectivity index (χ4v) is 4.01. The first-order valence-corrected chi connectivity index (χ1v) is 9.57. The molecule has 0 bridgehead atoms. The first-order chi connectivity index (χ1) is 13.1. The summed E-state index contributed by atoms with van der Waals surface area (Å²) in [5.41, 5.74) is 2.70. The number of hydrogen-bond acceptors (Lipinski definition) is 3. The summed E-state index contributed by atoms with van der Waals surface area (Å²) in [5, 5.41) is 14.2. The number of amides is 1. The highest BCUT2D eigenvalue weighted by atomic mass is 16.3. The minimum absolute atomic E-state index is 0.210. The van der Waals surface area contributed by atoms with Crippen LogP contribution >= 0.6 is 0 Å². The molecule has 140 valence electrons. The second-order valence-electron chi connectivity index (χ2n) is 7.28. The van der Waals surface area contributed by atoms with Crippen LogP contribution in [0.4, 0.5) is 5.69 Å². The number of nitrogens with one attached hydrogen (secondary N) is 2. The molecular weight excluding hydrogens is 340 g/mol. The zero-order valence-electron chi connectivity index (χ0n) is 15.5. The SMILES string of the molecule is Cc1oc2ccc(O)c(C[NH+]3CCCCC3)c2c1C(=O)Nc1ccccc1. The van der Waals surface area contributed by atoms with Crippen molar-refractivity contribution < 1.29 is 19.2 Å². The molecule has 0 spiro atoms. The second kappa shape index (κ2) is 7.45. The van der Waals surface area contributed by atoms with Crippen LogP contribution in [0.3, 0.4) is 0 Å². The lowest BCUT2D eigenvalue weighted by Gasteiger charge is -2.24. The van der Waals surface area contributed by atoms with E-state index >= 15 is 0 Å². The van der Waals surface area contributed by atoms with Gasteiger partial charge in [0.05, 0.1) is 24.2 Å². The molecule has 3 N–H and O–H groups in total. The van der Waals surface area contributed by atoms with Gasteiger partial charge in [0.25, 0.3) is 5.91 Å². The number of phenolic OH excluding ortho intramolecular Hbond substituents is 1. The Morgan fingerprint density at radius 3 is 2.59 bits per heavy atom. The summed E-state index contributed by atoms with van der Waals surface area (Å²) in [5.74, 6) is 0.590. The highest BCUT2D eigenvalue weighted by Gasteiger charge is 2.25. The van der Waals surface area contributed by atoms with Crippen molar-refractivity contribution in [1.29, 1.82) is 0 Å². The molecule has 1 aliphatic rings. The molecule has 1 aromatic heterocycles. The van der Waals surface area contributed by atoms with E-state index in [1.165, 1.54) is 24.2 Å². The minimum Gasteiger partial charge on any atom is -0.507 e. The van der Waals surface area contributed by atoms with E-state index in [0.29, 0.717) is 23.5 Å². The molecule has 0 atom stereocenters. The average molecular weight is 365 g/mol. The first kappa shape index (κ1) is 17.6. The molecule has 3 aromatic rings. The molecule has 1 saturated heterocycles. The molecule has 1 fully saturated rings. The van der Waals surface area contributed by atoms with Crippen LogP contribution in [0.2, 0.25) is 0 Å². The van der Waals surface area contributed by atoms with Gasteiger partial charge < -0.3 is 19.7 Å². The summed E-state index contributed by atoms with van der Waals surface area (Å²) >= 11 is 0.